The Morgan fingerprint density at radius 3 is 2.17 bits per heavy atom. The summed E-state index contributed by atoms with van der Waals surface area (Å²) in [5, 5.41) is 2.86. The van der Waals surface area contributed by atoms with Crippen molar-refractivity contribution in [3.63, 3.8) is 0 Å². The molecule has 0 aromatic rings. The second-order valence-corrected chi connectivity index (χ2v) is 6.12. The van der Waals surface area contributed by atoms with Gasteiger partial charge in [0.25, 0.3) is 0 Å². The van der Waals surface area contributed by atoms with E-state index in [1.165, 1.54) is 13.5 Å². The van der Waals surface area contributed by atoms with Gasteiger partial charge in [-0.1, -0.05) is 40.0 Å². The van der Waals surface area contributed by atoms with Crippen LogP contribution in [0.2, 0.25) is 0 Å². The molecule has 104 valence electrons. The number of amides is 1. The van der Waals surface area contributed by atoms with Crippen molar-refractivity contribution in [3.05, 3.63) is 0 Å². The molecular formula is C14H25NO3. The molecule has 4 nitrogen and oxygen atoms in total. The predicted molar refractivity (Wildman–Crippen MR) is 70.0 cm³/mol. The molecule has 0 saturated heterocycles. The maximum Gasteiger partial charge on any atom is 0.328 e. The van der Waals surface area contributed by atoms with E-state index in [0.717, 1.165) is 25.7 Å². The monoisotopic (exact) mass is 255 g/mol. The fraction of sp³-hybridized carbons (Fsp3) is 0.857. The van der Waals surface area contributed by atoms with Crippen LogP contribution in [0.3, 0.4) is 0 Å². The first kappa shape index (κ1) is 15.0. The zero-order chi connectivity index (χ0) is 13.8. The van der Waals surface area contributed by atoms with Crippen molar-refractivity contribution in [1.29, 1.82) is 0 Å². The molecule has 18 heavy (non-hydrogen) atoms. The van der Waals surface area contributed by atoms with Crippen LogP contribution in [0.1, 0.15) is 52.9 Å². The van der Waals surface area contributed by atoms with Gasteiger partial charge in [0.05, 0.1) is 7.11 Å². The topological polar surface area (TPSA) is 55.4 Å². The molecule has 1 atom stereocenters. The van der Waals surface area contributed by atoms with Gasteiger partial charge in [-0.25, -0.2) is 4.79 Å². The molecule has 0 aromatic heterocycles. The van der Waals surface area contributed by atoms with E-state index in [4.69, 9.17) is 4.74 Å². The van der Waals surface area contributed by atoms with Gasteiger partial charge in [-0.05, 0) is 18.8 Å². The van der Waals surface area contributed by atoms with Crippen LogP contribution < -0.4 is 5.32 Å². The van der Waals surface area contributed by atoms with Gasteiger partial charge < -0.3 is 10.1 Å². The van der Waals surface area contributed by atoms with Crippen LogP contribution in [-0.4, -0.2) is 25.0 Å². The summed E-state index contributed by atoms with van der Waals surface area (Å²) in [6.07, 6.45) is 5.46. The van der Waals surface area contributed by atoms with Crippen LogP contribution in [0.5, 0.6) is 0 Å². The third-order valence-corrected chi connectivity index (χ3v) is 3.54. The van der Waals surface area contributed by atoms with E-state index in [2.05, 4.69) is 5.32 Å². The zero-order valence-corrected chi connectivity index (χ0v) is 11.9. The largest absolute Gasteiger partial charge is 0.467 e. The average molecular weight is 255 g/mol. The molecule has 1 aliphatic rings. The van der Waals surface area contributed by atoms with E-state index in [9.17, 15) is 9.59 Å². The number of methoxy groups -OCH3 is 1. The van der Waals surface area contributed by atoms with Gasteiger partial charge >= 0.3 is 5.97 Å². The van der Waals surface area contributed by atoms with Crippen LogP contribution in [0.15, 0.2) is 0 Å². The normalized spacial score (nSPS) is 19.1. The van der Waals surface area contributed by atoms with Gasteiger partial charge in [0.15, 0.2) is 0 Å². The summed E-state index contributed by atoms with van der Waals surface area (Å²) in [6, 6.07) is -0.484. The molecule has 1 N–H and O–H groups in total. The Hall–Kier alpha value is -1.06. The lowest BCUT2D eigenvalue weighted by atomic mass is 9.83. The quantitative estimate of drug-likeness (QED) is 0.787. The van der Waals surface area contributed by atoms with Crippen molar-refractivity contribution in [2.75, 3.05) is 7.11 Å². The molecule has 1 aliphatic carbocycles. The van der Waals surface area contributed by atoms with Gasteiger partial charge in [0.1, 0.15) is 6.04 Å². The summed E-state index contributed by atoms with van der Waals surface area (Å²) in [7, 11) is 1.38. The Morgan fingerprint density at radius 2 is 1.72 bits per heavy atom. The number of ether oxygens (including phenoxy) is 1. The average Bonchev–Trinajstić information content (AvgIpc) is 2.34. The first-order valence-corrected chi connectivity index (χ1v) is 6.75. The van der Waals surface area contributed by atoms with Gasteiger partial charge in [0, 0.05) is 5.41 Å². The summed E-state index contributed by atoms with van der Waals surface area (Å²) in [5.74, 6) is -0.194. The molecule has 0 bridgehead atoms. The van der Waals surface area contributed by atoms with E-state index in [1.54, 1.807) is 0 Å². The van der Waals surface area contributed by atoms with Gasteiger partial charge in [0.2, 0.25) is 5.91 Å². The third kappa shape index (κ3) is 4.00. The highest BCUT2D eigenvalue weighted by Crippen LogP contribution is 2.27. The number of carbonyl (C=O) groups is 2. The van der Waals surface area contributed by atoms with Crippen LogP contribution in [0.25, 0.3) is 0 Å². The molecule has 0 radical (unpaired) electrons. The summed E-state index contributed by atoms with van der Waals surface area (Å²) < 4.78 is 4.83. The molecule has 0 aromatic carbocycles. The molecule has 1 rings (SSSR count). The molecule has 0 unspecified atom stereocenters. The molecule has 0 heterocycles. The predicted octanol–water partition coefficient (Wildman–Crippen LogP) is 2.27. The van der Waals surface area contributed by atoms with Crippen LogP contribution in [0, 0.1) is 11.3 Å². The van der Waals surface area contributed by atoms with Gasteiger partial charge in [-0.3, -0.25) is 4.79 Å². The van der Waals surface area contributed by atoms with Crippen LogP contribution >= 0.6 is 0 Å². The minimum absolute atomic E-state index is 0.0940. The van der Waals surface area contributed by atoms with Crippen molar-refractivity contribution in [3.8, 4) is 0 Å². The maximum absolute atomic E-state index is 12.0. The molecule has 1 saturated carbocycles. The fourth-order valence-electron chi connectivity index (χ4n) is 2.32. The minimum Gasteiger partial charge on any atom is -0.467 e. The van der Waals surface area contributed by atoms with E-state index >= 15 is 0 Å². The second kappa shape index (κ2) is 6.21. The fourth-order valence-corrected chi connectivity index (χ4v) is 2.32. The first-order chi connectivity index (χ1) is 8.36. The summed E-state index contributed by atoms with van der Waals surface area (Å²) in [5.41, 5.74) is -0.485. The first-order valence-electron chi connectivity index (χ1n) is 6.75. The van der Waals surface area contributed by atoms with Crippen molar-refractivity contribution in [2.45, 2.75) is 58.9 Å². The van der Waals surface area contributed by atoms with Crippen molar-refractivity contribution >= 4 is 11.9 Å². The highest BCUT2D eigenvalue weighted by molar-refractivity contribution is 5.87. The Morgan fingerprint density at radius 1 is 1.17 bits per heavy atom. The molecule has 0 spiro atoms. The SMILES string of the molecule is COC(=O)[C@@H](NC(=O)C(C)(C)C)C1CCCCC1. The van der Waals surface area contributed by atoms with Crippen molar-refractivity contribution in [1.82, 2.24) is 5.32 Å². The number of nitrogens with one attached hydrogen (secondary N) is 1. The number of esters is 1. The van der Waals surface area contributed by atoms with Crippen molar-refractivity contribution in [2.24, 2.45) is 11.3 Å². The number of carbonyl (C=O) groups excluding carboxylic acids is 2. The molecule has 4 heteroatoms. The molecular weight excluding hydrogens is 230 g/mol. The minimum atomic E-state index is -0.485. The molecule has 1 amide bonds. The highest BCUT2D eigenvalue weighted by Gasteiger charge is 2.34. The van der Waals surface area contributed by atoms with Gasteiger partial charge in [-0.15, -0.1) is 0 Å². The van der Waals surface area contributed by atoms with Gasteiger partial charge in [-0.2, -0.15) is 0 Å². The number of hydrogen-bond acceptors (Lipinski definition) is 3. The lowest BCUT2D eigenvalue weighted by Gasteiger charge is -2.31. The Labute approximate surface area is 109 Å². The summed E-state index contributed by atoms with van der Waals surface area (Å²) >= 11 is 0. The van der Waals surface area contributed by atoms with E-state index in [1.807, 2.05) is 20.8 Å². The van der Waals surface area contributed by atoms with Crippen LogP contribution in [-0.2, 0) is 14.3 Å². The Bertz CT molecular complexity index is 301. The van der Waals surface area contributed by atoms with Crippen LogP contribution in [0.4, 0.5) is 0 Å². The highest BCUT2D eigenvalue weighted by atomic mass is 16.5. The summed E-state index contributed by atoms with van der Waals surface area (Å²) in [4.78, 5) is 23.9. The van der Waals surface area contributed by atoms with E-state index < -0.39 is 11.5 Å². The zero-order valence-electron chi connectivity index (χ0n) is 11.9. The maximum atomic E-state index is 12.0. The van der Waals surface area contributed by atoms with E-state index in [0.29, 0.717) is 0 Å². The number of hydrogen-bond donors (Lipinski definition) is 1. The standard InChI is InChI=1S/C14H25NO3/c1-14(2,3)13(17)15-11(12(16)18-4)10-8-6-5-7-9-10/h10-11H,5-9H2,1-4H3,(H,15,17)/t11-/m0/s1. The van der Waals surface area contributed by atoms with E-state index in [-0.39, 0.29) is 17.8 Å². The second-order valence-electron chi connectivity index (χ2n) is 6.12. The Kier molecular flexibility index (Phi) is 5.17. The lowest BCUT2D eigenvalue weighted by molar-refractivity contribution is -0.148. The third-order valence-electron chi connectivity index (χ3n) is 3.54. The van der Waals surface area contributed by atoms with Crippen molar-refractivity contribution < 1.29 is 14.3 Å². The number of rotatable bonds is 3. The molecule has 0 aliphatic heterocycles. The molecule has 1 fully saturated rings. The summed E-state index contributed by atoms with van der Waals surface area (Å²) in [6.45, 7) is 5.53. The lowest BCUT2D eigenvalue weighted by Crippen LogP contribution is -2.50. The Balaban J connectivity index is 2.72. The smallest absolute Gasteiger partial charge is 0.328 e.